The van der Waals surface area contributed by atoms with Crippen molar-refractivity contribution in [3.63, 3.8) is 0 Å². The van der Waals surface area contributed by atoms with Gasteiger partial charge in [0.1, 0.15) is 0 Å². The molecule has 320 valence electrons. The van der Waals surface area contributed by atoms with E-state index in [1.54, 1.807) is 0 Å². The molecular formula is C40H47F9N4O5. The Hall–Kier alpha value is -4.58. The van der Waals surface area contributed by atoms with Crippen LogP contribution in [-0.4, -0.2) is 88.3 Å². The first-order valence-corrected chi connectivity index (χ1v) is 18.8. The Morgan fingerprint density at radius 1 is 0.862 bits per heavy atom. The minimum Gasteiger partial charge on any atom is -0.481 e. The number of likely N-dealkylation sites (tertiary alicyclic amines) is 1. The van der Waals surface area contributed by atoms with Gasteiger partial charge in [0.2, 0.25) is 6.29 Å². The van der Waals surface area contributed by atoms with Crippen LogP contribution in [0.1, 0.15) is 92.8 Å². The van der Waals surface area contributed by atoms with E-state index in [0.717, 1.165) is 84.0 Å². The van der Waals surface area contributed by atoms with Crippen LogP contribution in [0.5, 0.6) is 0 Å². The van der Waals surface area contributed by atoms with Crippen LogP contribution in [0.15, 0.2) is 66.7 Å². The van der Waals surface area contributed by atoms with E-state index in [9.17, 15) is 59.0 Å². The van der Waals surface area contributed by atoms with Crippen LogP contribution in [0.3, 0.4) is 0 Å². The topological polar surface area (TPSA) is 122 Å². The number of aromatic nitrogens is 2. The molecule has 58 heavy (non-hydrogen) atoms. The van der Waals surface area contributed by atoms with E-state index in [-0.39, 0.29) is 6.04 Å². The molecule has 0 radical (unpaired) electrons. The Kier molecular flexibility index (Phi) is 17.7. The number of benzene rings is 2. The molecule has 2 heterocycles. The van der Waals surface area contributed by atoms with Crippen LogP contribution < -0.4 is 5.32 Å². The number of alkyl halides is 9. The zero-order valence-electron chi connectivity index (χ0n) is 31.8. The molecule has 0 amide bonds. The highest BCUT2D eigenvalue weighted by Crippen LogP contribution is 2.37. The summed E-state index contributed by atoms with van der Waals surface area (Å²) in [6, 6.07) is 23.7. The van der Waals surface area contributed by atoms with E-state index < -0.39 is 47.8 Å². The molecular weight excluding hydrogens is 787 g/mol. The second-order valence-electron chi connectivity index (χ2n) is 14.2. The summed E-state index contributed by atoms with van der Waals surface area (Å²) in [6.07, 6.45) is -8.31. The number of aryl methyl sites for hydroxylation is 1. The van der Waals surface area contributed by atoms with Crippen molar-refractivity contribution in [1.82, 2.24) is 20.0 Å². The fourth-order valence-corrected chi connectivity index (χ4v) is 7.07. The highest BCUT2D eigenvalue weighted by molar-refractivity contribution is 6.41. The molecule has 2 fully saturated rings. The highest BCUT2D eigenvalue weighted by atomic mass is 19.4. The number of ketones is 2. The first kappa shape index (κ1) is 47.8. The summed E-state index contributed by atoms with van der Waals surface area (Å²) in [7, 11) is 0. The largest absolute Gasteiger partial charge is 0.481 e. The fourth-order valence-electron chi connectivity index (χ4n) is 7.07. The van der Waals surface area contributed by atoms with Gasteiger partial charge in [0.25, 0.3) is 0 Å². The lowest BCUT2D eigenvalue weighted by Crippen LogP contribution is -2.44. The van der Waals surface area contributed by atoms with Gasteiger partial charge in [0.15, 0.2) is 0 Å². The van der Waals surface area contributed by atoms with Crippen molar-refractivity contribution in [3.8, 4) is 0 Å². The van der Waals surface area contributed by atoms with Gasteiger partial charge in [0, 0.05) is 37.2 Å². The Balaban J connectivity index is 0.000000417. The van der Waals surface area contributed by atoms with E-state index in [1.165, 1.54) is 22.5 Å². The number of carboxylic acid groups (broad SMARTS) is 1. The monoisotopic (exact) mass is 834 g/mol. The maximum atomic E-state index is 12.3. The number of halogens is 9. The Morgan fingerprint density at radius 2 is 1.38 bits per heavy atom. The highest BCUT2D eigenvalue weighted by Gasteiger charge is 2.54. The molecule has 0 unspecified atom stereocenters. The number of hydrogen-bond donors (Lipinski definition) is 2. The first-order chi connectivity index (χ1) is 27.2. The molecule has 3 aromatic rings. The number of carbonyl (C=O) groups is 4. The summed E-state index contributed by atoms with van der Waals surface area (Å²) in [5, 5.41) is 18.7. The van der Waals surface area contributed by atoms with Gasteiger partial charge in [-0.2, -0.15) is 44.6 Å². The average molecular weight is 835 g/mol. The van der Waals surface area contributed by atoms with Crippen LogP contribution in [-0.2, 0) is 32.1 Å². The summed E-state index contributed by atoms with van der Waals surface area (Å²) in [5.41, 5.74) is 4.50. The summed E-state index contributed by atoms with van der Waals surface area (Å²) in [5.74, 6) is -6.89. The maximum Gasteiger partial charge on any atom is 0.458 e. The van der Waals surface area contributed by atoms with Gasteiger partial charge in [-0.15, -0.1) is 0 Å². The predicted molar refractivity (Wildman–Crippen MR) is 195 cm³/mol. The van der Waals surface area contributed by atoms with Crippen LogP contribution in [0.4, 0.5) is 39.5 Å². The van der Waals surface area contributed by atoms with Gasteiger partial charge in [-0.3, -0.25) is 23.9 Å². The average Bonchev–Trinajstić information content (AvgIpc) is 3.60. The first-order valence-electron chi connectivity index (χ1n) is 18.8. The normalized spacial score (nSPS) is 16.9. The lowest BCUT2D eigenvalue weighted by Gasteiger charge is -2.36. The van der Waals surface area contributed by atoms with E-state index in [2.05, 4.69) is 88.6 Å². The number of piperidine rings is 1. The molecule has 1 aliphatic heterocycles. The van der Waals surface area contributed by atoms with E-state index in [1.807, 2.05) is 0 Å². The van der Waals surface area contributed by atoms with Crippen molar-refractivity contribution in [2.45, 2.75) is 102 Å². The Morgan fingerprint density at radius 3 is 1.84 bits per heavy atom. The number of nitrogens with one attached hydrogen (secondary N) is 1. The van der Waals surface area contributed by atoms with Crippen LogP contribution in [0, 0.1) is 5.41 Å². The van der Waals surface area contributed by atoms with Crippen molar-refractivity contribution >= 4 is 23.8 Å². The van der Waals surface area contributed by atoms with Crippen molar-refractivity contribution in [1.29, 1.82) is 0 Å². The predicted octanol–water partition coefficient (Wildman–Crippen LogP) is 8.43. The molecule has 2 aromatic carbocycles. The van der Waals surface area contributed by atoms with Crippen LogP contribution in [0.25, 0.3) is 0 Å². The number of carbonyl (C=O) groups excluding carboxylic acids is 3. The molecule has 1 saturated heterocycles. The van der Waals surface area contributed by atoms with Crippen molar-refractivity contribution in [3.05, 3.63) is 89.2 Å². The molecule has 2 aliphatic rings. The number of aliphatic carboxylic acids is 1. The van der Waals surface area contributed by atoms with Gasteiger partial charge in [-0.25, -0.2) is 0 Å². The smallest absolute Gasteiger partial charge is 0.458 e. The fraction of sp³-hybridized carbons (Fsp3) is 0.525. The molecule has 2 N–H and O–H groups in total. The molecule has 1 aliphatic carbocycles. The third kappa shape index (κ3) is 15.0. The third-order valence-electron chi connectivity index (χ3n) is 10.1. The van der Waals surface area contributed by atoms with Crippen LogP contribution in [0.2, 0.25) is 0 Å². The number of Topliss-reactive ketones (excluding diaryl/α,β-unsaturated/α-hetero) is 2. The van der Waals surface area contributed by atoms with E-state index >= 15 is 0 Å². The summed E-state index contributed by atoms with van der Waals surface area (Å²) >= 11 is 0. The minimum atomic E-state index is -5.77. The number of hydrogen-bond acceptors (Lipinski definition) is 7. The summed E-state index contributed by atoms with van der Waals surface area (Å²) in [6.45, 7) is 6.85. The van der Waals surface area contributed by atoms with Crippen molar-refractivity contribution < 1.29 is 63.8 Å². The molecule has 1 saturated carbocycles. The molecule has 0 spiro atoms. The van der Waals surface area contributed by atoms with Gasteiger partial charge in [-0.05, 0) is 75.9 Å². The maximum absolute atomic E-state index is 12.3. The second kappa shape index (κ2) is 21.4. The lowest BCUT2D eigenvalue weighted by atomic mass is 9.74. The number of carboxylic acids is 1. The minimum absolute atomic E-state index is 0.166. The zero-order chi connectivity index (χ0) is 43.1. The number of nitrogens with zero attached hydrogens (tertiary/aromatic N) is 3. The van der Waals surface area contributed by atoms with Crippen molar-refractivity contribution in [2.75, 3.05) is 26.2 Å². The Bertz CT molecular complexity index is 1730. The third-order valence-corrected chi connectivity index (χ3v) is 10.1. The Labute approximate surface area is 330 Å². The van der Waals surface area contributed by atoms with E-state index in [4.69, 9.17) is 9.89 Å². The number of rotatable bonds is 13. The summed E-state index contributed by atoms with van der Waals surface area (Å²) < 4.78 is 100. The van der Waals surface area contributed by atoms with Crippen molar-refractivity contribution in [2.24, 2.45) is 5.41 Å². The molecule has 0 bridgehead atoms. The molecule has 1 aromatic heterocycles. The molecule has 18 heteroatoms. The molecule has 5 rings (SSSR count). The lowest BCUT2D eigenvalue weighted by molar-refractivity contribution is -0.193. The standard InChI is InChI=1S/C34H46N4O2.C4F6O2.C2HF3O/c1-2-38-32(25-30(36-38)24-27-12-6-3-7-13-27)29-16-21-37(22-17-29)23-18-31(28-14-8-4-9-15-28)35-26-34(33(39)40)19-10-5-11-20-34;5-3(6,7)1(11)2(12)4(8,9)10;3-2(4,5)1-6/h3-4,6-9,12-15,25,29,31,35H,2,5,10-11,16-24,26H2,1H3,(H,39,40);;1H/t31-;;/m0../s1. The number of aldehydes is 1. The zero-order valence-corrected chi connectivity index (χ0v) is 31.8. The summed E-state index contributed by atoms with van der Waals surface area (Å²) in [4.78, 5) is 42.8. The molecule has 1 atom stereocenters. The van der Waals surface area contributed by atoms with E-state index in [0.29, 0.717) is 12.5 Å². The molecule has 9 nitrogen and oxygen atoms in total. The van der Waals surface area contributed by atoms with Gasteiger partial charge < -0.3 is 15.3 Å². The SMILES string of the molecule is CCn1nc(Cc2ccccc2)cc1C1CCN(CC[C@H](NCC2(C(=O)O)CCCCC2)c2ccccc2)CC1.O=C(C(=O)C(F)(F)F)C(F)(F)F.O=CC(F)(F)F. The van der Waals surface area contributed by atoms with Gasteiger partial charge in [-0.1, -0.05) is 79.9 Å². The quantitative estimate of drug-likeness (QED) is 0.100. The second-order valence-corrected chi connectivity index (χ2v) is 14.2. The van der Waals surface area contributed by atoms with Crippen LogP contribution >= 0.6 is 0 Å². The van der Waals surface area contributed by atoms with Gasteiger partial charge in [0.05, 0.1) is 11.1 Å². The van der Waals surface area contributed by atoms with Gasteiger partial charge >= 0.3 is 36.1 Å².